The Bertz CT molecular complexity index is 368. The van der Waals surface area contributed by atoms with Crippen molar-refractivity contribution in [1.29, 1.82) is 0 Å². The highest BCUT2D eigenvalue weighted by atomic mass is 79.9. The lowest BCUT2D eigenvalue weighted by Gasteiger charge is -2.15. The van der Waals surface area contributed by atoms with E-state index in [2.05, 4.69) is 15.9 Å². The molecular weight excluding hydrogens is 278 g/mol. The second-order valence-corrected chi connectivity index (χ2v) is 4.18. The quantitative estimate of drug-likeness (QED) is 0.781. The van der Waals surface area contributed by atoms with Crippen LogP contribution in [-0.2, 0) is 0 Å². The van der Waals surface area contributed by atoms with Gasteiger partial charge in [-0.2, -0.15) is 0 Å². The standard InChI is InChI=1S/C10H12BrNO2S/c1-12(2)10(15)14-8-6-4-5-7(13-3)9(8)11/h4-6H,1-3H3. The summed E-state index contributed by atoms with van der Waals surface area (Å²) >= 11 is 8.43. The average molecular weight is 290 g/mol. The van der Waals surface area contributed by atoms with Crippen LogP contribution in [0.4, 0.5) is 0 Å². The molecule has 1 rings (SSSR count). The summed E-state index contributed by atoms with van der Waals surface area (Å²) in [6.07, 6.45) is 0. The van der Waals surface area contributed by atoms with Crippen LogP contribution < -0.4 is 9.47 Å². The van der Waals surface area contributed by atoms with Crippen LogP contribution in [0.5, 0.6) is 11.5 Å². The van der Waals surface area contributed by atoms with Crippen molar-refractivity contribution in [3.63, 3.8) is 0 Å². The van der Waals surface area contributed by atoms with Crippen LogP contribution in [0.15, 0.2) is 22.7 Å². The van der Waals surface area contributed by atoms with E-state index in [1.165, 1.54) is 0 Å². The summed E-state index contributed by atoms with van der Waals surface area (Å²) in [6, 6.07) is 5.51. The van der Waals surface area contributed by atoms with Gasteiger partial charge in [0.05, 0.1) is 7.11 Å². The molecule has 0 amide bonds. The van der Waals surface area contributed by atoms with Crippen LogP contribution in [0.2, 0.25) is 0 Å². The fraction of sp³-hybridized carbons (Fsp3) is 0.300. The third-order valence-corrected chi connectivity index (χ3v) is 2.94. The van der Waals surface area contributed by atoms with Crippen LogP contribution in [0.1, 0.15) is 0 Å². The van der Waals surface area contributed by atoms with Gasteiger partial charge in [0.1, 0.15) is 16.0 Å². The molecule has 0 aliphatic rings. The summed E-state index contributed by atoms with van der Waals surface area (Å²) in [5.41, 5.74) is 0. The first-order valence-corrected chi connectivity index (χ1v) is 5.48. The molecule has 0 aliphatic carbocycles. The molecule has 5 heteroatoms. The van der Waals surface area contributed by atoms with Gasteiger partial charge in [-0.3, -0.25) is 0 Å². The molecule has 1 aromatic rings. The zero-order valence-corrected chi connectivity index (χ0v) is 11.2. The molecule has 0 heterocycles. The van der Waals surface area contributed by atoms with Gasteiger partial charge in [-0.15, -0.1) is 0 Å². The second-order valence-electron chi connectivity index (χ2n) is 3.03. The molecule has 0 fully saturated rings. The number of hydrogen-bond donors (Lipinski definition) is 0. The molecule has 82 valence electrons. The van der Waals surface area contributed by atoms with E-state index in [1.807, 2.05) is 32.3 Å². The lowest BCUT2D eigenvalue weighted by Crippen LogP contribution is -2.25. The van der Waals surface area contributed by atoms with Crippen LogP contribution in [0, 0.1) is 0 Å². The third-order valence-electron chi connectivity index (χ3n) is 1.71. The number of halogens is 1. The van der Waals surface area contributed by atoms with E-state index >= 15 is 0 Å². The van der Waals surface area contributed by atoms with Gasteiger partial charge in [-0.05, 0) is 40.3 Å². The van der Waals surface area contributed by atoms with E-state index < -0.39 is 0 Å². The Hall–Kier alpha value is -0.810. The number of benzene rings is 1. The Morgan fingerprint density at radius 2 is 1.93 bits per heavy atom. The number of nitrogens with zero attached hydrogens (tertiary/aromatic N) is 1. The molecule has 15 heavy (non-hydrogen) atoms. The van der Waals surface area contributed by atoms with E-state index in [0.29, 0.717) is 16.7 Å². The van der Waals surface area contributed by atoms with Gasteiger partial charge in [-0.25, -0.2) is 0 Å². The summed E-state index contributed by atoms with van der Waals surface area (Å²) in [4.78, 5) is 1.72. The number of rotatable bonds is 2. The van der Waals surface area contributed by atoms with Crippen molar-refractivity contribution in [1.82, 2.24) is 4.90 Å². The van der Waals surface area contributed by atoms with E-state index in [0.717, 1.165) is 4.47 Å². The molecule has 0 saturated heterocycles. The summed E-state index contributed by atoms with van der Waals surface area (Å²) in [5.74, 6) is 1.36. The number of hydrogen-bond acceptors (Lipinski definition) is 3. The van der Waals surface area contributed by atoms with Crippen molar-refractivity contribution in [3.8, 4) is 11.5 Å². The Morgan fingerprint density at radius 3 is 2.47 bits per heavy atom. The molecule has 0 bridgehead atoms. The average Bonchev–Trinajstić information content (AvgIpc) is 2.21. The summed E-state index contributed by atoms with van der Waals surface area (Å²) in [6.45, 7) is 0. The zero-order valence-electron chi connectivity index (χ0n) is 8.78. The maximum Gasteiger partial charge on any atom is 0.264 e. The lowest BCUT2D eigenvalue weighted by molar-refractivity contribution is 0.404. The van der Waals surface area contributed by atoms with Crippen molar-refractivity contribution >= 4 is 33.3 Å². The van der Waals surface area contributed by atoms with Gasteiger partial charge in [-0.1, -0.05) is 6.07 Å². The smallest absolute Gasteiger partial charge is 0.264 e. The summed E-state index contributed by atoms with van der Waals surface area (Å²) < 4.78 is 11.4. The van der Waals surface area contributed by atoms with Crippen molar-refractivity contribution in [2.75, 3.05) is 21.2 Å². The topological polar surface area (TPSA) is 21.7 Å². The Kier molecular flexibility index (Phi) is 4.35. The van der Waals surface area contributed by atoms with Crippen LogP contribution in [0.3, 0.4) is 0 Å². The fourth-order valence-corrected chi connectivity index (χ4v) is 1.51. The number of methoxy groups -OCH3 is 1. The van der Waals surface area contributed by atoms with E-state index in [1.54, 1.807) is 12.0 Å². The highest BCUT2D eigenvalue weighted by molar-refractivity contribution is 9.10. The molecular formula is C10H12BrNO2S. The van der Waals surface area contributed by atoms with Gasteiger partial charge in [0.15, 0.2) is 0 Å². The van der Waals surface area contributed by atoms with Crippen LogP contribution >= 0.6 is 28.1 Å². The molecule has 0 N–H and O–H groups in total. The minimum Gasteiger partial charge on any atom is -0.495 e. The summed E-state index contributed by atoms with van der Waals surface area (Å²) in [5, 5.41) is 0.406. The van der Waals surface area contributed by atoms with E-state index in [9.17, 15) is 0 Å². The molecule has 0 atom stereocenters. The van der Waals surface area contributed by atoms with Crippen LogP contribution in [0.25, 0.3) is 0 Å². The highest BCUT2D eigenvalue weighted by Gasteiger charge is 2.09. The maximum absolute atomic E-state index is 5.48. The lowest BCUT2D eigenvalue weighted by atomic mass is 10.3. The predicted molar refractivity (Wildman–Crippen MR) is 67.6 cm³/mol. The normalized spacial score (nSPS) is 9.60. The maximum atomic E-state index is 5.48. The first kappa shape index (κ1) is 12.3. The zero-order chi connectivity index (χ0) is 11.4. The van der Waals surface area contributed by atoms with Crippen molar-refractivity contribution in [2.45, 2.75) is 0 Å². The number of thiocarbonyl (C=S) groups is 1. The third kappa shape index (κ3) is 3.07. The van der Waals surface area contributed by atoms with E-state index in [-0.39, 0.29) is 0 Å². The van der Waals surface area contributed by atoms with Crippen molar-refractivity contribution in [3.05, 3.63) is 22.7 Å². The molecule has 0 radical (unpaired) electrons. The minimum absolute atomic E-state index is 0.406. The summed E-state index contributed by atoms with van der Waals surface area (Å²) in [7, 11) is 5.26. The van der Waals surface area contributed by atoms with Crippen molar-refractivity contribution in [2.24, 2.45) is 0 Å². The minimum atomic E-state index is 0.406. The molecule has 1 aromatic carbocycles. The first-order chi connectivity index (χ1) is 7.06. The predicted octanol–water partition coefficient (Wildman–Crippen LogP) is 2.68. The Balaban J connectivity index is 2.91. The highest BCUT2D eigenvalue weighted by Crippen LogP contribution is 2.34. The van der Waals surface area contributed by atoms with Crippen LogP contribution in [-0.4, -0.2) is 31.3 Å². The van der Waals surface area contributed by atoms with Gasteiger partial charge in [0.25, 0.3) is 5.17 Å². The Morgan fingerprint density at radius 1 is 1.33 bits per heavy atom. The molecule has 0 spiro atoms. The number of ether oxygens (including phenoxy) is 2. The van der Waals surface area contributed by atoms with Gasteiger partial charge in [0.2, 0.25) is 0 Å². The monoisotopic (exact) mass is 289 g/mol. The van der Waals surface area contributed by atoms with Gasteiger partial charge in [0, 0.05) is 14.1 Å². The van der Waals surface area contributed by atoms with Gasteiger partial charge < -0.3 is 14.4 Å². The Labute approximate surface area is 103 Å². The first-order valence-electron chi connectivity index (χ1n) is 4.28. The second kappa shape index (κ2) is 5.32. The molecule has 0 aromatic heterocycles. The largest absolute Gasteiger partial charge is 0.495 e. The molecule has 0 aliphatic heterocycles. The molecule has 0 saturated carbocycles. The SMILES string of the molecule is COc1cccc(OC(=S)N(C)C)c1Br. The fourth-order valence-electron chi connectivity index (χ4n) is 0.912. The van der Waals surface area contributed by atoms with E-state index in [4.69, 9.17) is 21.7 Å². The molecule has 0 unspecified atom stereocenters. The van der Waals surface area contributed by atoms with Gasteiger partial charge >= 0.3 is 0 Å². The van der Waals surface area contributed by atoms with Crippen molar-refractivity contribution < 1.29 is 9.47 Å². The molecule has 3 nitrogen and oxygen atoms in total.